The van der Waals surface area contributed by atoms with E-state index < -0.39 is 0 Å². The molecule has 2 heterocycles. The molecular formula is C45H28N2O2. The molecule has 0 saturated carbocycles. The number of hydrogen-bond acceptors (Lipinski definition) is 4. The van der Waals surface area contributed by atoms with Gasteiger partial charge in [0.15, 0.2) is 5.58 Å². The summed E-state index contributed by atoms with van der Waals surface area (Å²) in [5.74, 6) is 0.615. The monoisotopic (exact) mass is 628 g/mol. The minimum Gasteiger partial charge on any atom is -0.456 e. The van der Waals surface area contributed by atoms with E-state index >= 15 is 0 Å². The summed E-state index contributed by atoms with van der Waals surface area (Å²) >= 11 is 0. The van der Waals surface area contributed by atoms with E-state index in [1.165, 1.54) is 0 Å². The minimum atomic E-state index is 0.615. The maximum Gasteiger partial charge on any atom is 0.227 e. The van der Waals surface area contributed by atoms with E-state index in [0.29, 0.717) is 5.89 Å². The SMILES string of the molecule is c1ccc(-c2nc3ccc4cc(-c5ccccc5)c5c(N(c6ccccc6)c6ccc7c(c6)oc6ccccc67)cccc5c4c3o2)cc1. The molecule has 0 unspecified atom stereocenters. The Balaban J connectivity index is 1.30. The predicted molar refractivity (Wildman–Crippen MR) is 202 cm³/mol. The zero-order valence-electron chi connectivity index (χ0n) is 26.4. The second-order valence-corrected chi connectivity index (χ2v) is 12.3. The van der Waals surface area contributed by atoms with Gasteiger partial charge < -0.3 is 13.7 Å². The molecule has 0 aliphatic carbocycles. The Labute approximate surface area is 282 Å². The zero-order chi connectivity index (χ0) is 32.3. The highest BCUT2D eigenvalue weighted by Crippen LogP contribution is 2.47. The number of para-hydroxylation sites is 2. The summed E-state index contributed by atoms with van der Waals surface area (Å²) in [6, 6.07) is 59.1. The topological polar surface area (TPSA) is 42.4 Å². The van der Waals surface area contributed by atoms with E-state index in [1.54, 1.807) is 0 Å². The first-order chi connectivity index (χ1) is 24.3. The minimum absolute atomic E-state index is 0.615. The molecule has 0 radical (unpaired) electrons. The third kappa shape index (κ3) is 4.42. The summed E-state index contributed by atoms with van der Waals surface area (Å²) in [6.45, 7) is 0. The van der Waals surface area contributed by atoms with Gasteiger partial charge in [-0.05, 0) is 82.6 Å². The van der Waals surface area contributed by atoms with Gasteiger partial charge in [-0.3, -0.25) is 0 Å². The van der Waals surface area contributed by atoms with Gasteiger partial charge >= 0.3 is 0 Å². The molecule has 0 N–H and O–H groups in total. The third-order valence-electron chi connectivity index (χ3n) is 9.45. The standard InChI is InChI=1S/C45H28N2O2/c1-4-13-29(14-5-1)37-27-31-23-26-38-44(49-45(46-38)30-15-6-2-7-16-30)42(31)36-20-12-21-39(43(36)37)47(32-17-8-3-9-18-32)33-24-25-35-34-19-10-11-22-40(34)48-41(35)28-33/h1-28H. The van der Waals surface area contributed by atoms with Crippen LogP contribution in [0.1, 0.15) is 0 Å². The van der Waals surface area contributed by atoms with E-state index in [1.807, 2.05) is 42.5 Å². The number of nitrogens with zero attached hydrogens (tertiary/aromatic N) is 2. The van der Waals surface area contributed by atoms with Crippen LogP contribution < -0.4 is 4.90 Å². The lowest BCUT2D eigenvalue weighted by Gasteiger charge is -2.28. The molecule has 0 bridgehead atoms. The molecule has 10 aromatic rings. The highest BCUT2D eigenvalue weighted by molar-refractivity contribution is 6.25. The van der Waals surface area contributed by atoms with E-state index in [4.69, 9.17) is 13.8 Å². The number of aromatic nitrogens is 1. The Hall–Kier alpha value is -6.65. The summed E-state index contributed by atoms with van der Waals surface area (Å²) in [4.78, 5) is 7.27. The summed E-state index contributed by atoms with van der Waals surface area (Å²) in [5.41, 5.74) is 9.71. The summed E-state index contributed by atoms with van der Waals surface area (Å²) < 4.78 is 13.0. The molecule has 0 aliphatic heterocycles. The van der Waals surface area contributed by atoms with Gasteiger partial charge in [0.25, 0.3) is 0 Å². The third-order valence-corrected chi connectivity index (χ3v) is 9.45. The fourth-order valence-corrected chi connectivity index (χ4v) is 7.26. The van der Waals surface area contributed by atoms with Crippen molar-refractivity contribution in [2.45, 2.75) is 0 Å². The lowest BCUT2D eigenvalue weighted by atomic mass is 9.91. The number of furan rings is 1. The number of oxazole rings is 1. The molecule has 49 heavy (non-hydrogen) atoms. The average molecular weight is 629 g/mol. The van der Waals surface area contributed by atoms with Gasteiger partial charge in [-0.1, -0.05) is 103 Å². The van der Waals surface area contributed by atoms with Crippen molar-refractivity contribution in [2.75, 3.05) is 4.90 Å². The molecule has 10 rings (SSSR count). The van der Waals surface area contributed by atoms with Crippen molar-refractivity contribution < 1.29 is 8.83 Å². The molecule has 0 amide bonds. The van der Waals surface area contributed by atoms with Gasteiger partial charge in [0.05, 0.1) is 5.69 Å². The van der Waals surface area contributed by atoms with Crippen LogP contribution in [0.2, 0.25) is 0 Å². The van der Waals surface area contributed by atoms with Crippen molar-refractivity contribution in [1.29, 1.82) is 0 Å². The van der Waals surface area contributed by atoms with Crippen LogP contribution in [0.3, 0.4) is 0 Å². The Morgan fingerprint density at radius 1 is 0.449 bits per heavy atom. The van der Waals surface area contributed by atoms with Crippen molar-refractivity contribution in [3.05, 3.63) is 170 Å². The van der Waals surface area contributed by atoms with Crippen LogP contribution in [0.15, 0.2) is 179 Å². The first kappa shape index (κ1) is 27.5. The normalized spacial score (nSPS) is 11.7. The quantitative estimate of drug-likeness (QED) is 0.178. The molecular weight excluding hydrogens is 601 g/mol. The molecule has 230 valence electrons. The summed E-state index contributed by atoms with van der Waals surface area (Å²) in [5, 5.41) is 6.58. The lowest BCUT2D eigenvalue weighted by molar-refractivity contribution is 0.623. The number of benzene rings is 8. The molecule has 4 nitrogen and oxygen atoms in total. The lowest BCUT2D eigenvalue weighted by Crippen LogP contribution is -2.10. The van der Waals surface area contributed by atoms with Crippen LogP contribution in [-0.2, 0) is 0 Å². The maximum absolute atomic E-state index is 6.63. The first-order valence-electron chi connectivity index (χ1n) is 16.5. The molecule has 4 heteroatoms. The van der Waals surface area contributed by atoms with Gasteiger partial charge in [-0.15, -0.1) is 0 Å². The number of fused-ring (bicyclic) bond motifs is 8. The largest absolute Gasteiger partial charge is 0.456 e. The van der Waals surface area contributed by atoms with E-state index in [2.05, 4.69) is 132 Å². The fraction of sp³-hybridized carbons (Fsp3) is 0. The smallest absolute Gasteiger partial charge is 0.227 e. The highest BCUT2D eigenvalue weighted by Gasteiger charge is 2.22. The molecule has 2 aromatic heterocycles. The summed E-state index contributed by atoms with van der Waals surface area (Å²) in [7, 11) is 0. The van der Waals surface area contributed by atoms with Crippen LogP contribution in [0, 0.1) is 0 Å². The molecule has 0 fully saturated rings. The molecule has 0 spiro atoms. The van der Waals surface area contributed by atoms with Gasteiger partial charge in [0.1, 0.15) is 16.7 Å². The average Bonchev–Trinajstić information content (AvgIpc) is 3.77. The zero-order valence-corrected chi connectivity index (χ0v) is 26.4. The van der Waals surface area contributed by atoms with Crippen LogP contribution in [0.5, 0.6) is 0 Å². The first-order valence-corrected chi connectivity index (χ1v) is 16.5. The van der Waals surface area contributed by atoms with Crippen molar-refractivity contribution >= 4 is 71.6 Å². The van der Waals surface area contributed by atoms with E-state index in [0.717, 1.165) is 88.3 Å². The van der Waals surface area contributed by atoms with E-state index in [9.17, 15) is 0 Å². The van der Waals surface area contributed by atoms with Crippen molar-refractivity contribution in [3.63, 3.8) is 0 Å². The van der Waals surface area contributed by atoms with Gasteiger partial charge in [-0.25, -0.2) is 4.98 Å². The highest BCUT2D eigenvalue weighted by atomic mass is 16.3. The van der Waals surface area contributed by atoms with Crippen molar-refractivity contribution in [3.8, 4) is 22.6 Å². The van der Waals surface area contributed by atoms with Gasteiger partial charge in [0, 0.05) is 44.5 Å². The number of hydrogen-bond donors (Lipinski definition) is 0. The van der Waals surface area contributed by atoms with Crippen LogP contribution in [0.25, 0.3) is 77.2 Å². The number of anilines is 3. The predicted octanol–water partition coefficient (Wildman–Crippen LogP) is 12.8. The Kier molecular flexibility index (Phi) is 6.15. The van der Waals surface area contributed by atoms with E-state index in [-0.39, 0.29) is 0 Å². The second kappa shape index (κ2) is 11.0. The molecule has 0 saturated heterocycles. The maximum atomic E-state index is 6.63. The Bertz CT molecular complexity index is 2820. The van der Waals surface area contributed by atoms with Gasteiger partial charge in [0.2, 0.25) is 5.89 Å². The van der Waals surface area contributed by atoms with Gasteiger partial charge in [-0.2, -0.15) is 0 Å². The van der Waals surface area contributed by atoms with Crippen LogP contribution >= 0.6 is 0 Å². The summed E-state index contributed by atoms with van der Waals surface area (Å²) in [6.07, 6.45) is 0. The van der Waals surface area contributed by atoms with Crippen LogP contribution in [0.4, 0.5) is 17.1 Å². The number of rotatable bonds is 5. The molecule has 0 aliphatic rings. The van der Waals surface area contributed by atoms with Crippen LogP contribution in [-0.4, -0.2) is 4.98 Å². The Morgan fingerprint density at radius 3 is 1.96 bits per heavy atom. The fourth-order valence-electron chi connectivity index (χ4n) is 7.26. The molecule has 0 atom stereocenters. The van der Waals surface area contributed by atoms with Crippen molar-refractivity contribution in [1.82, 2.24) is 4.98 Å². The van der Waals surface area contributed by atoms with Crippen molar-refractivity contribution in [2.24, 2.45) is 0 Å². The molecule has 8 aromatic carbocycles. The second-order valence-electron chi connectivity index (χ2n) is 12.3. The Morgan fingerprint density at radius 2 is 1.14 bits per heavy atom.